The smallest absolute Gasteiger partial charge is 0.251 e. The summed E-state index contributed by atoms with van der Waals surface area (Å²) in [7, 11) is 1.61. The molecule has 1 rings (SSSR count). The third-order valence-electron chi connectivity index (χ3n) is 2.99. The standard InChI is InChI=1S/C15H22N2O2S/c1-11(10-20-3)14(18)17-8-7-12-5-4-6-13(9-12)15(19)16-2/h4-6,9,11H,7-8,10H2,1-3H3,(H,16,19)(H,17,18)/t11-/m0/s1. The first-order chi connectivity index (χ1) is 9.58. The Labute approximate surface area is 124 Å². The number of nitrogens with one attached hydrogen (secondary N) is 2. The highest BCUT2D eigenvalue weighted by Crippen LogP contribution is 2.07. The summed E-state index contributed by atoms with van der Waals surface area (Å²) in [5, 5.41) is 5.53. The first kappa shape index (κ1) is 16.6. The summed E-state index contributed by atoms with van der Waals surface area (Å²) in [4.78, 5) is 23.3. The molecule has 2 amide bonds. The number of thioether (sulfide) groups is 1. The molecule has 0 spiro atoms. The largest absolute Gasteiger partial charge is 0.356 e. The van der Waals surface area contributed by atoms with Gasteiger partial charge in [0.2, 0.25) is 5.91 Å². The first-order valence-electron chi connectivity index (χ1n) is 6.66. The molecule has 4 nitrogen and oxygen atoms in total. The molecule has 5 heteroatoms. The molecule has 0 fully saturated rings. The molecular formula is C15H22N2O2S. The summed E-state index contributed by atoms with van der Waals surface area (Å²) in [5.41, 5.74) is 1.69. The predicted molar refractivity (Wildman–Crippen MR) is 84.1 cm³/mol. The second kappa shape index (κ2) is 8.64. The Morgan fingerprint density at radius 2 is 2.10 bits per heavy atom. The monoisotopic (exact) mass is 294 g/mol. The molecule has 2 N–H and O–H groups in total. The highest BCUT2D eigenvalue weighted by molar-refractivity contribution is 7.98. The zero-order chi connectivity index (χ0) is 15.0. The summed E-state index contributed by atoms with van der Waals surface area (Å²) in [6, 6.07) is 7.46. The molecule has 20 heavy (non-hydrogen) atoms. The van der Waals surface area contributed by atoms with Crippen LogP contribution < -0.4 is 10.6 Å². The quantitative estimate of drug-likeness (QED) is 0.805. The van der Waals surface area contributed by atoms with Gasteiger partial charge >= 0.3 is 0 Å². The van der Waals surface area contributed by atoms with Gasteiger partial charge in [-0.1, -0.05) is 19.1 Å². The topological polar surface area (TPSA) is 58.2 Å². The number of amides is 2. The minimum Gasteiger partial charge on any atom is -0.356 e. The molecule has 0 radical (unpaired) electrons. The minimum atomic E-state index is -0.0931. The van der Waals surface area contributed by atoms with Crippen molar-refractivity contribution in [2.45, 2.75) is 13.3 Å². The second-order valence-corrected chi connectivity index (χ2v) is 5.59. The van der Waals surface area contributed by atoms with Crippen molar-refractivity contribution < 1.29 is 9.59 Å². The second-order valence-electron chi connectivity index (χ2n) is 4.68. The van der Waals surface area contributed by atoms with Crippen LogP contribution in [-0.2, 0) is 11.2 Å². The highest BCUT2D eigenvalue weighted by Gasteiger charge is 2.11. The van der Waals surface area contributed by atoms with Crippen LogP contribution in [0.15, 0.2) is 24.3 Å². The van der Waals surface area contributed by atoms with Crippen LogP contribution in [0, 0.1) is 5.92 Å². The molecule has 0 saturated heterocycles. The van der Waals surface area contributed by atoms with Gasteiger partial charge in [-0.2, -0.15) is 11.8 Å². The Hall–Kier alpha value is -1.49. The lowest BCUT2D eigenvalue weighted by atomic mass is 10.1. The maximum Gasteiger partial charge on any atom is 0.251 e. The average Bonchev–Trinajstić information content (AvgIpc) is 2.46. The molecule has 1 aromatic rings. The van der Waals surface area contributed by atoms with E-state index in [0.717, 1.165) is 17.7 Å². The van der Waals surface area contributed by atoms with Crippen LogP contribution in [0.1, 0.15) is 22.8 Å². The number of carbonyl (C=O) groups is 2. The van der Waals surface area contributed by atoms with Gasteiger partial charge < -0.3 is 10.6 Å². The van der Waals surface area contributed by atoms with Crippen molar-refractivity contribution in [1.82, 2.24) is 10.6 Å². The van der Waals surface area contributed by atoms with Crippen molar-refractivity contribution >= 4 is 23.6 Å². The lowest BCUT2D eigenvalue weighted by Gasteiger charge is -2.11. The van der Waals surface area contributed by atoms with Crippen molar-refractivity contribution in [2.75, 3.05) is 25.6 Å². The Kier molecular flexibility index (Phi) is 7.15. The van der Waals surface area contributed by atoms with E-state index in [-0.39, 0.29) is 17.7 Å². The van der Waals surface area contributed by atoms with Crippen LogP contribution in [-0.4, -0.2) is 37.4 Å². The summed E-state index contributed by atoms with van der Waals surface area (Å²) < 4.78 is 0. The number of rotatable bonds is 7. The molecule has 0 bridgehead atoms. The molecule has 0 aliphatic heterocycles. The highest BCUT2D eigenvalue weighted by atomic mass is 32.2. The molecule has 0 aromatic heterocycles. The third-order valence-corrected chi connectivity index (χ3v) is 3.83. The van der Waals surface area contributed by atoms with Crippen LogP contribution in [0.5, 0.6) is 0 Å². The number of hydrogen-bond acceptors (Lipinski definition) is 3. The van der Waals surface area contributed by atoms with Crippen LogP contribution in [0.2, 0.25) is 0 Å². The Bertz CT molecular complexity index is 463. The van der Waals surface area contributed by atoms with Gasteiger partial charge in [0.15, 0.2) is 0 Å². The lowest BCUT2D eigenvalue weighted by molar-refractivity contribution is -0.123. The molecule has 0 aliphatic rings. The van der Waals surface area contributed by atoms with Crippen LogP contribution in [0.25, 0.3) is 0 Å². The summed E-state index contributed by atoms with van der Waals surface area (Å²) in [5.74, 6) is 0.853. The van der Waals surface area contributed by atoms with E-state index in [1.165, 1.54) is 0 Å². The van der Waals surface area contributed by atoms with E-state index in [1.807, 2.05) is 31.4 Å². The number of benzene rings is 1. The zero-order valence-corrected chi connectivity index (χ0v) is 13.0. The van der Waals surface area contributed by atoms with Crippen molar-refractivity contribution in [3.63, 3.8) is 0 Å². The van der Waals surface area contributed by atoms with E-state index in [9.17, 15) is 9.59 Å². The fourth-order valence-corrected chi connectivity index (χ4v) is 2.49. The SMILES string of the molecule is CNC(=O)c1cccc(CCNC(=O)[C@@H](C)CSC)c1. The lowest BCUT2D eigenvalue weighted by Crippen LogP contribution is -2.32. The van der Waals surface area contributed by atoms with Crippen molar-refractivity contribution in [3.05, 3.63) is 35.4 Å². The molecule has 110 valence electrons. The average molecular weight is 294 g/mol. The summed E-state index contributed by atoms with van der Waals surface area (Å²) in [6.45, 7) is 2.52. The van der Waals surface area contributed by atoms with Gasteiger partial charge in [0, 0.05) is 30.8 Å². The van der Waals surface area contributed by atoms with E-state index < -0.39 is 0 Å². The van der Waals surface area contributed by atoms with Gasteiger partial charge in [0.05, 0.1) is 0 Å². The predicted octanol–water partition coefficient (Wildman–Crippen LogP) is 1.70. The van der Waals surface area contributed by atoms with E-state index in [0.29, 0.717) is 12.1 Å². The zero-order valence-electron chi connectivity index (χ0n) is 12.2. The summed E-state index contributed by atoms with van der Waals surface area (Å²) >= 11 is 1.67. The van der Waals surface area contributed by atoms with E-state index in [2.05, 4.69) is 10.6 Å². The Morgan fingerprint density at radius 1 is 1.35 bits per heavy atom. The van der Waals surface area contributed by atoms with E-state index >= 15 is 0 Å². The first-order valence-corrected chi connectivity index (χ1v) is 8.05. The van der Waals surface area contributed by atoms with Crippen molar-refractivity contribution in [3.8, 4) is 0 Å². The van der Waals surface area contributed by atoms with Gasteiger partial charge in [-0.25, -0.2) is 0 Å². The van der Waals surface area contributed by atoms with Gasteiger partial charge in [-0.15, -0.1) is 0 Å². The van der Waals surface area contributed by atoms with Crippen LogP contribution in [0.3, 0.4) is 0 Å². The fourth-order valence-electron chi connectivity index (χ4n) is 1.84. The van der Waals surface area contributed by atoms with Crippen molar-refractivity contribution in [1.29, 1.82) is 0 Å². The number of carbonyl (C=O) groups excluding carboxylic acids is 2. The maximum absolute atomic E-state index is 11.8. The molecule has 1 aromatic carbocycles. The van der Waals surface area contributed by atoms with Gasteiger partial charge in [0.25, 0.3) is 5.91 Å². The maximum atomic E-state index is 11.8. The molecule has 0 heterocycles. The molecular weight excluding hydrogens is 272 g/mol. The summed E-state index contributed by atoms with van der Waals surface area (Å²) in [6.07, 6.45) is 2.72. The minimum absolute atomic E-state index is 0.0298. The third kappa shape index (κ3) is 5.25. The van der Waals surface area contributed by atoms with Crippen LogP contribution >= 0.6 is 11.8 Å². The van der Waals surface area contributed by atoms with Crippen molar-refractivity contribution in [2.24, 2.45) is 5.92 Å². The number of hydrogen-bond donors (Lipinski definition) is 2. The molecule has 1 atom stereocenters. The van der Waals surface area contributed by atoms with Gasteiger partial charge in [0.1, 0.15) is 0 Å². The molecule has 0 saturated carbocycles. The van der Waals surface area contributed by atoms with E-state index in [1.54, 1.807) is 24.9 Å². The Balaban J connectivity index is 2.46. The molecule has 0 aliphatic carbocycles. The van der Waals surface area contributed by atoms with Gasteiger partial charge in [-0.3, -0.25) is 9.59 Å². The Morgan fingerprint density at radius 3 is 2.75 bits per heavy atom. The van der Waals surface area contributed by atoms with Gasteiger partial charge in [-0.05, 0) is 30.4 Å². The normalized spacial score (nSPS) is 11.8. The van der Waals surface area contributed by atoms with Crippen LogP contribution in [0.4, 0.5) is 0 Å². The van der Waals surface area contributed by atoms with E-state index in [4.69, 9.17) is 0 Å². The fraction of sp³-hybridized carbons (Fsp3) is 0.467. The molecule has 0 unspecified atom stereocenters.